The van der Waals surface area contributed by atoms with Crippen LogP contribution in [0.1, 0.15) is 33.1 Å². The molecule has 0 heterocycles. The normalized spacial score (nSPS) is 16.3. The van der Waals surface area contributed by atoms with Gasteiger partial charge in [0.05, 0.1) is 0 Å². The summed E-state index contributed by atoms with van der Waals surface area (Å²) in [5.74, 6) is 0.143. The van der Waals surface area contributed by atoms with Gasteiger partial charge in [0.15, 0.2) is 0 Å². The van der Waals surface area contributed by atoms with Gasteiger partial charge in [-0.1, -0.05) is 5.16 Å². The molecule has 6 nitrogen and oxygen atoms in total. The van der Waals surface area contributed by atoms with Crippen molar-refractivity contribution in [2.24, 2.45) is 10.9 Å². The average molecular weight is 228 g/mol. The fourth-order valence-corrected chi connectivity index (χ4v) is 1.36. The molecule has 4 N–H and O–H groups in total. The Morgan fingerprint density at radius 2 is 2.25 bits per heavy atom. The van der Waals surface area contributed by atoms with Crippen molar-refractivity contribution in [2.45, 2.75) is 45.2 Å². The summed E-state index contributed by atoms with van der Waals surface area (Å²) >= 11 is 0. The zero-order valence-corrected chi connectivity index (χ0v) is 9.81. The van der Waals surface area contributed by atoms with E-state index in [-0.39, 0.29) is 17.9 Å². The molecule has 1 saturated carbocycles. The van der Waals surface area contributed by atoms with E-state index >= 15 is 0 Å². The molecule has 0 atom stereocenters. The molecule has 0 saturated heterocycles. The van der Waals surface area contributed by atoms with E-state index < -0.39 is 0 Å². The molecule has 1 aliphatic carbocycles. The van der Waals surface area contributed by atoms with Crippen LogP contribution in [0.25, 0.3) is 0 Å². The Hall–Kier alpha value is -1.46. The summed E-state index contributed by atoms with van der Waals surface area (Å²) in [4.78, 5) is 13.5. The minimum Gasteiger partial charge on any atom is -0.409 e. The first-order valence-corrected chi connectivity index (χ1v) is 5.58. The molecule has 0 aromatic carbocycles. The lowest BCUT2D eigenvalue weighted by Gasteiger charge is -2.26. The highest BCUT2D eigenvalue weighted by molar-refractivity contribution is 5.81. The van der Waals surface area contributed by atoms with Crippen LogP contribution in [0.5, 0.6) is 0 Å². The van der Waals surface area contributed by atoms with Gasteiger partial charge < -0.3 is 21.2 Å². The highest BCUT2D eigenvalue weighted by Gasteiger charge is 2.26. The van der Waals surface area contributed by atoms with Crippen LogP contribution in [0.4, 0.5) is 4.79 Å². The van der Waals surface area contributed by atoms with Crippen LogP contribution in [-0.4, -0.2) is 40.6 Å². The van der Waals surface area contributed by atoms with Crippen molar-refractivity contribution in [3.63, 3.8) is 0 Å². The predicted molar refractivity (Wildman–Crippen MR) is 61.4 cm³/mol. The number of oxime groups is 1. The Bertz CT molecular complexity index is 274. The highest BCUT2D eigenvalue weighted by Crippen LogP contribution is 2.19. The maximum atomic E-state index is 11.8. The molecular weight excluding hydrogens is 208 g/mol. The number of amidine groups is 1. The molecule has 0 bridgehead atoms. The highest BCUT2D eigenvalue weighted by atomic mass is 16.4. The summed E-state index contributed by atoms with van der Waals surface area (Å²) in [5, 5.41) is 14.2. The van der Waals surface area contributed by atoms with Crippen LogP contribution in [0.2, 0.25) is 0 Å². The van der Waals surface area contributed by atoms with Gasteiger partial charge >= 0.3 is 6.03 Å². The summed E-state index contributed by atoms with van der Waals surface area (Å²) in [6, 6.07) is 0.381. The van der Waals surface area contributed by atoms with E-state index in [1.807, 2.05) is 13.8 Å². The standard InChI is InChI=1S/C10H20N4O2/c1-7(2)14(6-5-9(11)13-16)10(15)12-8-3-4-8/h7-8,16H,3-6H2,1-2H3,(H2,11,13)(H,12,15). The van der Waals surface area contributed by atoms with E-state index in [1.54, 1.807) is 4.90 Å². The van der Waals surface area contributed by atoms with Gasteiger partial charge in [-0.3, -0.25) is 0 Å². The van der Waals surface area contributed by atoms with E-state index in [4.69, 9.17) is 10.9 Å². The first-order valence-electron chi connectivity index (χ1n) is 5.58. The summed E-state index contributed by atoms with van der Waals surface area (Å²) in [7, 11) is 0. The number of nitrogens with two attached hydrogens (primary N) is 1. The summed E-state index contributed by atoms with van der Waals surface area (Å²) in [5.41, 5.74) is 5.38. The van der Waals surface area contributed by atoms with E-state index in [0.717, 1.165) is 12.8 Å². The summed E-state index contributed by atoms with van der Waals surface area (Å²) in [6.45, 7) is 4.35. The SMILES string of the molecule is CC(C)N(CCC(N)=NO)C(=O)NC1CC1. The molecule has 0 radical (unpaired) electrons. The Morgan fingerprint density at radius 3 is 2.69 bits per heavy atom. The second kappa shape index (κ2) is 5.58. The molecule has 0 unspecified atom stereocenters. The van der Waals surface area contributed by atoms with Crippen molar-refractivity contribution < 1.29 is 10.0 Å². The number of amides is 2. The van der Waals surface area contributed by atoms with Gasteiger partial charge in [0.25, 0.3) is 0 Å². The van der Waals surface area contributed by atoms with Crippen LogP contribution in [0, 0.1) is 0 Å². The lowest BCUT2D eigenvalue weighted by molar-refractivity contribution is 0.184. The van der Waals surface area contributed by atoms with Gasteiger partial charge in [0.1, 0.15) is 5.84 Å². The first kappa shape index (κ1) is 12.6. The van der Waals surface area contributed by atoms with Crippen molar-refractivity contribution >= 4 is 11.9 Å². The van der Waals surface area contributed by atoms with E-state index in [9.17, 15) is 4.79 Å². The van der Waals surface area contributed by atoms with Crippen molar-refractivity contribution in [1.29, 1.82) is 0 Å². The van der Waals surface area contributed by atoms with Gasteiger partial charge in [-0.2, -0.15) is 0 Å². The monoisotopic (exact) mass is 228 g/mol. The quantitative estimate of drug-likeness (QED) is 0.280. The molecule has 92 valence electrons. The second-order valence-corrected chi connectivity index (χ2v) is 4.35. The molecule has 1 fully saturated rings. The van der Waals surface area contributed by atoms with Gasteiger partial charge in [-0.05, 0) is 26.7 Å². The molecule has 16 heavy (non-hydrogen) atoms. The Balaban J connectivity index is 2.42. The van der Waals surface area contributed by atoms with Crippen LogP contribution >= 0.6 is 0 Å². The first-order chi connectivity index (χ1) is 7.54. The van der Waals surface area contributed by atoms with Gasteiger partial charge in [0.2, 0.25) is 0 Å². The van der Waals surface area contributed by atoms with E-state index in [1.165, 1.54) is 0 Å². The third kappa shape index (κ3) is 3.96. The van der Waals surface area contributed by atoms with Gasteiger partial charge in [-0.15, -0.1) is 0 Å². The Kier molecular flexibility index (Phi) is 4.39. The number of hydrogen-bond acceptors (Lipinski definition) is 3. The molecule has 1 aliphatic rings. The van der Waals surface area contributed by atoms with Crippen molar-refractivity contribution in [3.05, 3.63) is 0 Å². The molecule has 1 rings (SSSR count). The number of nitrogens with one attached hydrogen (secondary N) is 1. The maximum absolute atomic E-state index is 11.8. The van der Waals surface area contributed by atoms with Crippen LogP contribution < -0.4 is 11.1 Å². The van der Waals surface area contributed by atoms with Crippen LogP contribution in [0.3, 0.4) is 0 Å². The number of rotatable bonds is 5. The molecule has 0 aromatic heterocycles. The molecular formula is C10H20N4O2. The van der Waals surface area contributed by atoms with Gasteiger partial charge in [-0.25, -0.2) is 4.79 Å². The average Bonchev–Trinajstić information content (AvgIpc) is 3.01. The van der Waals surface area contributed by atoms with E-state index in [0.29, 0.717) is 19.0 Å². The Labute approximate surface area is 95.5 Å². The number of hydrogen-bond donors (Lipinski definition) is 3. The molecule has 0 aromatic rings. The predicted octanol–water partition coefficient (Wildman–Crippen LogP) is 0.705. The second-order valence-electron chi connectivity index (χ2n) is 4.35. The van der Waals surface area contributed by atoms with E-state index in [2.05, 4.69) is 10.5 Å². The molecule has 2 amide bonds. The fraction of sp³-hybridized carbons (Fsp3) is 0.800. The maximum Gasteiger partial charge on any atom is 0.317 e. The van der Waals surface area contributed by atoms with Crippen LogP contribution in [0.15, 0.2) is 5.16 Å². The van der Waals surface area contributed by atoms with Crippen molar-refractivity contribution in [2.75, 3.05) is 6.54 Å². The van der Waals surface area contributed by atoms with Crippen molar-refractivity contribution in [1.82, 2.24) is 10.2 Å². The van der Waals surface area contributed by atoms with Gasteiger partial charge in [0, 0.05) is 25.0 Å². The summed E-state index contributed by atoms with van der Waals surface area (Å²) < 4.78 is 0. The zero-order chi connectivity index (χ0) is 12.1. The lowest BCUT2D eigenvalue weighted by atomic mass is 10.3. The molecule has 6 heteroatoms. The minimum absolute atomic E-state index is 0.0664. The third-order valence-electron chi connectivity index (χ3n) is 2.53. The number of carbonyl (C=O) groups is 1. The topological polar surface area (TPSA) is 90.9 Å². The number of nitrogens with zero attached hydrogens (tertiary/aromatic N) is 2. The van der Waals surface area contributed by atoms with Crippen molar-refractivity contribution in [3.8, 4) is 0 Å². The summed E-state index contributed by atoms with van der Waals surface area (Å²) in [6.07, 6.45) is 2.52. The fourth-order valence-electron chi connectivity index (χ4n) is 1.36. The lowest BCUT2D eigenvalue weighted by Crippen LogP contribution is -2.46. The minimum atomic E-state index is -0.0664. The number of urea groups is 1. The van der Waals surface area contributed by atoms with Crippen LogP contribution in [-0.2, 0) is 0 Å². The molecule has 0 spiro atoms. The third-order valence-corrected chi connectivity index (χ3v) is 2.53. The number of carbonyl (C=O) groups excluding carboxylic acids is 1. The largest absolute Gasteiger partial charge is 0.409 e. The smallest absolute Gasteiger partial charge is 0.317 e. The molecule has 0 aliphatic heterocycles. The zero-order valence-electron chi connectivity index (χ0n) is 9.81. The Morgan fingerprint density at radius 1 is 1.62 bits per heavy atom.